The molecule has 0 aliphatic carbocycles. The van der Waals surface area contributed by atoms with Gasteiger partial charge in [0.15, 0.2) is 5.65 Å². The molecule has 0 radical (unpaired) electrons. The molecule has 176 valence electrons. The van der Waals surface area contributed by atoms with Crippen LogP contribution in [-0.2, 0) is 14.8 Å². The van der Waals surface area contributed by atoms with Crippen molar-refractivity contribution in [2.24, 2.45) is 0 Å². The van der Waals surface area contributed by atoms with Crippen molar-refractivity contribution in [2.75, 3.05) is 25.4 Å². The molecular formula is C23H25N7O3S. The number of rotatable bonds is 6. The molecule has 1 amide bonds. The minimum absolute atomic E-state index is 0.0808. The zero-order valence-electron chi connectivity index (χ0n) is 18.5. The number of sulfonamides is 1. The summed E-state index contributed by atoms with van der Waals surface area (Å²) in [7, 11) is -3.59. The number of fused-ring (bicyclic) bond motifs is 1. The Kier molecular flexibility index (Phi) is 6.90. The second-order valence-electron chi connectivity index (χ2n) is 7.80. The second kappa shape index (κ2) is 10.0. The van der Waals surface area contributed by atoms with Gasteiger partial charge in [-0.15, -0.1) is 0 Å². The van der Waals surface area contributed by atoms with Crippen molar-refractivity contribution in [3.8, 4) is 11.8 Å². The number of carbonyl (C=O) groups is 1. The van der Waals surface area contributed by atoms with E-state index in [1.807, 2.05) is 0 Å². The molecule has 2 aromatic heterocycles. The average molecular weight is 480 g/mol. The Morgan fingerprint density at radius 1 is 1.29 bits per heavy atom. The molecule has 3 aromatic rings. The van der Waals surface area contributed by atoms with E-state index >= 15 is 0 Å². The summed E-state index contributed by atoms with van der Waals surface area (Å²) in [5.41, 5.74) is 7.08. The van der Waals surface area contributed by atoms with Crippen LogP contribution in [0.25, 0.3) is 11.0 Å². The minimum Gasteiger partial charge on any atom is -0.383 e. The highest BCUT2D eigenvalue weighted by molar-refractivity contribution is 7.89. The molecule has 3 heterocycles. The lowest BCUT2D eigenvalue weighted by molar-refractivity contribution is -0.127. The molecule has 34 heavy (non-hydrogen) atoms. The van der Waals surface area contributed by atoms with Gasteiger partial charge in [0.05, 0.1) is 16.3 Å². The summed E-state index contributed by atoms with van der Waals surface area (Å²) in [6.07, 6.45) is 4.62. The zero-order chi connectivity index (χ0) is 24.1. The summed E-state index contributed by atoms with van der Waals surface area (Å²) in [5, 5.41) is 5.19. The second-order valence-corrected chi connectivity index (χ2v) is 9.56. The third-order valence-corrected chi connectivity index (χ3v) is 7.03. The number of benzene rings is 1. The molecule has 0 saturated carbocycles. The molecule has 1 aliphatic heterocycles. The molecule has 11 heteroatoms. The Bertz CT molecular complexity index is 1370. The zero-order valence-corrected chi connectivity index (χ0v) is 19.3. The fourth-order valence-electron chi connectivity index (χ4n) is 3.90. The number of nitrogen functional groups attached to an aromatic ring is 1. The number of amides is 1. The van der Waals surface area contributed by atoms with Gasteiger partial charge in [-0.05, 0) is 37.0 Å². The summed E-state index contributed by atoms with van der Waals surface area (Å²) in [5.74, 6) is 6.09. The number of piperidine rings is 1. The number of hydrogen-bond acceptors (Lipinski definition) is 7. The Morgan fingerprint density at radius 3 is 2.85 bits per heavy atom. The molecule has 0 bridgehead atoms. The SMILES string of the molecule is C=CC(=O)N1CCC[C@@H](n2nc(C#CCCNS(=O)(=O)c3ccccc3)c3c(N)ncnc32)C1. The predicted molar refractivity (Wildman–Crippen MR) is 128 cm³/mol. The van der Waals surface area contributed by atoms with Crippen LogP contribution in [0, 0.1) is 11.8 Å². The van der Waals surface area contributed by atoms with Gasteiger partial charge in [-0.3, -0.25) is 4.79 Å². The first-order chi connectivity index (χ1) is 16.4. The van der Waals surface area contributed by atoms with Crippen LogP contribution in [-0.4, -0.2) is 58.6 Å². The van der Waals surface area contributed by atoms with Crippen LogP contribution < -0.4 is 10.5 Å². The Labute approximate surface area is 197 Å². The molecule has 1 aliphatic rings. The van der Waals surface area contributed by atoms with Crippen molar-refractivity contribution in [2.45, 2.75) is 30.2 Å². The van der Waals surface area contributed by atoms with Crippen molar-refractivity contribution in [1.82, 2.24) is 29.4 Å². The highest BCUT2D eigenvalue weighted by Crippen LogP contribution is 2.28. The van der Waals surface area contributed by atoms with Crippen LogP contribution in [0.3, 0.4) is 0 Å². The van der Waals surface area contributed by atoms with Gasteiger partial charge in [-0.2, -0.15) is 5.10 Å². The molecular weight excluding hydrogens is 454 g/mol. The first-order valence-corrected chi connectivity index (χ1v) is 12.3. The van der Waals surface area contributed by atoms with Gasteiger partial charge in [0.2, 0.25) is 15.9 Å². The Hall–Kier alpha value is -3.75. The number of nitrogens with two attached hydrogens (primary N) is 1. The molecule has 1 aromatic carbocycles. The maximum atomic E-state index is 12.3. The topological polar surface area (TPSA) is 136 Å². The molecule has 0 spiro atoms. The van der Waals surface area contributed by atoms with E-state index in [4.69, 9.17) is 5.73 Å². The number of nitrogens with zero attached hydrogens (tertiary/aromatic N) is 5. The molecule has 4 rings (SSSR count). The Morgan fingerprint density at radius 2 is 2.09 bits per heavy atom. The molecule has 1 atom stereocenters. The molecule has 1 fully saturated rings. The third kappa shape index (κ3) is 4.93. The number of anilines is 1. The van der Waals surface area contributed by atoms with Crippen molar-refractivity contribution < 1.29 is 13.2 Å². The fourth-order valence-corrected chi connectivity index (χ4v) is 4.95. The van der Waals surface area contributed by atoms with E-state index in [0.29, 0.717) is 29.8 Å². The van der Waals surface area contributed by atoms with Gasteiger partial charge in [0.25, 0.3) is 0 Å². The minimum atomic E-state index is -3.59. The highest BCUT2D eigenvalue weighted by atomic mass is 32.2. The standard InChI is InChI=1S/C23H25N7O3S/c1-2-20(31)29-14-8-9-17(15-29)30-23-21(22(24)25-16-26-23)19(28-30)12-6-7-13-27-34(32,33)18-10-4-3-5-11-18/h2-5,10-11,16-17,27H,1,7-9,13-15H2,(H2,24,25,26)/t17-/m1/s1. The smallest absolute Gasteiger partial charge is 0.246 e. The lowest BCUT2D eigenvalue weighted by Gasteiger charge is -2.32. The van der Waals surface area contributed by atoms with Gasteiger partial charge >= 0.3 is 0 Å². The number of aromatic nitrogens is 4. The largest absolute Gasteiger partial charge is 0.383 e. The maximum absolute atomic E-state index is 12.3. The van der Waals surface area contributed by atoms with E-state index in [2.05, 4.69) is 38.2 Å². The van der Waals surface area contributed by atoms with Crippen LogP contribution >= 0.6 is 0 Å². The molecule has 3 N–H and O–H groups in total. The summed E-state index contributed by atoms with van der Waals surface area (Å²) in [4.78, 5) is 22.5. The molecule has 1 saturated heterocycles. The highest BCUT2D eigenvalue weighted by Gasteiger charge is 2.27. The Balaban J connectivity index is 1.52. The number of carbonyl (C=O) groups excluding carboxylic acids is 1. The predicted octanol–water partition coefficient (Wildman–Crippen LogP) is 1.48. The number of hydrogen-bond donors (Lipinski definition) is 2. The number of nitrogens with one attached hydrogen (secondary N) is 1. The van der Waals surface area contributed by atoms with Crippen LogP contribution in [0.5, 0.6) is 0 Å². The quantitative estimate of drug-likeness (QED) is 0.310. The van der Waals surface area contributed by atoms with Crippen LogP contribution in [0.4, 0.5) is 5.82 Å². The monoisotopic (exact) mass is 479 g/mol. The number of likely N-dealkylation sites (tertiary alicyclic amines) is 1. The molecule has 10 nitrogen and oxygen atoms in total. The first-order valence-electron chi connectivity index (χ1n) is 10.8. The van der Waals surface area contributed by atoms with Gasteiger partial charge < -0.3 is 10.6 Å². The normalized spacial score (nSPS) is 16.1. The van der Waals surface area contributed by atoms with Crippen molar-refractivity contribution in [1.29, 1.82) is 0 Å². The summed E-state index contributed by atoms with van der Waals surface area (Å²) >= 11 is 0. The van der Waals surface area contributed by atoms with Gasteiger partial charge in [0.1, 0.15) is 17.8 Å². The first kappa shape index (κ1) is 23.4. The van der Waals surface area contributed by atoms with Gasteiger partial charge in [-0.25, -0.2) is 27.8 Å². The van der Waals surface area contributed by atoms with Crippen molar-refractivity contribution in [3.63, 3.8) is 0 Å². The van der Waals surface area contributed by atoms with Gasteiger partial charge in [0, 0.05) is 26.1 Å². The van der Waals surface area contributed by atoms with Crippen LogP contribution in [0.2, 0.25) is 0 Å². The maximum Gasteiger partial charge on any atom is 0.246 e. The fraction of sp³-hybridized carbons (Fsp3) is 0.304. The van der Waals surface area contributed by atoms with E-state index in [1.54, 1.807) is 27.8 Å². The lowest BCUT2D eigenvalue weighted by Crippen LogP contribution is -2.40. The van der Waals surface area contributed by atoms with E-state index in [-0.39, 0.29) is 35.6 Å². The average Bonchev–Trinajstić information content (AvgIpc) is 3.24. The van der Waals surface area contributed by atoms with Crippen molar-refractivity contribution >= 4 is 32.8 Å². The molecule has 0 unspecified atom stereocenters. The lowest BCUT2D eigenvalue weighted by atomic mass is 10.1. The van der Waals surface area contributed by atoms with Crippen LogP contribution in [0.1, 0.15) is 31.0 Å². The summed E-state index contributed by atoms with van der Waals surface area (Å²) in [6.45, 7) is 4.87. The van der Waals surface area contributed by atoms with Gasteiger partial charge in [-0.1, -0.05) is 30.7 Å². The van der Waals surface area contributed by atoms with Crippen molar-refractivity contribution in [3.05, 3.63) is 55.0 Å². The van der Waals surface area contributed by atoms with E-state index in [9.17, 15) is 13.2 Å². The third-order valence-electron chi connectivity index (χ3n) is 5.55. The summed E-state index contributed by atoms with van der Waals surface area (Å²) in [6, 6.07) is 8.07. The van der Waals surface area contributed by atoms with Crippen LogP contribution in [0.15, 0.2) is 54.2 Å². The summed E-state index contributed by atoms with van der Waals surface area (Å²) < 4.78 is 28.9. The van der Waals surface area contributed by atoms with E-state index in [0.717, 1.165) is 12.8 Å². The van der Waals surface area contributed by atoms with E-state index < -0.39 is 10.0 Å². The van der Waals surface area contributed by atoms with E-state index in [1.165, 1.54) is 24.5 Å².